The average Bonchev–Trinajstić information content (AvgIpc) is 2.14. The van der Waals surface area contributed by atoms with E-state index in [9.17, 15) is 9.59 Å². The molecule has 1 unspecified atom stereocenters. The van der Waals surface area contributed by atoms with Crippen LogP contribution >= 0.6 is 11.8 Å². The molecule has 0 heterocycles. The molecule has 0 aromatic carbocycles. The van der Waals surface area contributed by atoms with Crippen LogP contribution in [0.1, 0.15) is 0 Å². The van der Waals surface area contributed by atoms with Gasteiger partial charge in [-0.05, 0) is 6.26 Å². The summed E-state index contributed by atoms with van der Waals surface area (Å²) >= 11 is 1.59. The highest BCUT2D eigenvalue weighted by Gasteiger charge is 2.13. The molecule has 0 spiro atoms. The Labute approximate surface area is 86.1 Å². The lowest BCUT2D eigenvalue weighted by Crippen LogP contribution is -2.42. The molecule has 0 radical (unpaired) electrons. The van der Waals surface area contributed by atoms with Crippen LogP contribution in [0, 0.1) is 0 Å². The molecule has 0 aliphatic rings. The Morgan fingerprint density at radius 2 is 2.07 bits per heavy atom. The number of urea groups is 1. The molecule has 0 saturated carbocycles. The zero-order valence-electron chi connectivity index (χ0n) is 7.82. The Bertz CT molecular complexity index is 200. The number of hydrogen-bond donors (Lipinski definition) is 4. The first kappa shape index (κ1) is 13.1. The van der Waals surface area contributed by atoms with Gasteiger partial charge in [0, 0.05) is 12.3 Å². The van der Waals surface area contributed by atoms with Gasteiger partial charge in [-0.15, -0.1) is 0 Å². The number of hydrogen-bond acceptors (Lipinski definition) is 4. The molecule has 0 aromatic rings. The molecule has 0 fully saturated rings. The number of aliphatic hydroxyl groups is 1. The van der Waals surface area contributed by atoms with Gasteiger partial charge in [-0.25, -0.2) is 9.59 Å². The maximum Gasteiger partial charge on any atom is 0.334 e. The molecule has 1 atom stereocenters. The fourth-order valence-electron chi connectivity index (χ4n) is 0.606. The summed E-state index contributed by atoms with van der Waals surface area (Å²) in [5, 5.41) is 21.8. The van der Waals surface area contributed by atoms with E-state index < -0.39 is 18.1 Å². The van der Waals surface area contributed by atoms with Crippen molar-refractivity contribution < 1.29 is 19.8 Å². The fourth-order valence-corrected chi connectivity index (χ4v) is 0.912. The van der Waals surface area contributed by atoms with Crippen molar-refractivity contribution in [2.24, 2.45) is 0 Å². The van der Waals surface area contributed by atoms with Crippen molar-refractivity contribution in [3.8, 4) is 0 Å². The number of amides is 2. The maximum absolute atomic E-state index is 10.9. The highest BCUT2D eigenvalue weighted by molar-refractivity contribution is 7.98. The van der Waals surface area contributed by atoms with Crippen LogP contribution in [-0.2, 0) is 4.79 Å². The van der Waals surface area contributed by atoms with Crippen molar-refractivity contribution >= 4 is 23.8 Å². The summed E-state index contributed by atoms with van der Waals surface area (Å²) in [6.45, 7) is 0.219. The number of aliphatic hydroxyl groups excluding tert-OH is 1. The highest BCUT2D eigenvalue weighted by atomic mass is 32.2. The largest absolute Gasteiger partial charge is 0.479 e. The molecular weight excluding hydrogens is 208 g/mol. The SMILES string of the molecule is CSCCNC(=O)NCC(O)C(=O)O. The number of carbonyl (C=O) groups is 2. The minimum Gasteiger partial charge on any atom is -0.479 e. The maximum atomic E-state index is 10.9. The zero-order chi connectivity index (χ0) is 11.0. The predicted octanol–water partition coefficient (Wildman–Crippen LogP) is -0.906. The van der Waals surface area contributed by atoms with E-state index in [0.717, 1.165) is 5.75 Å². The van der Waals surface area contributed by atoms with Crippen LogP contribution < -0.4 is 10.6 Å². The molecule has 6 nitrogen and oxygen atoms in total. The van der Waals surface area contributed by atoms with E-state index in [1.54, 1.807) is 11.8 Å². The summed E-state index contributed by atoms with van der Waals surface area (Å²) in [5.41, 5.74) is 0. The number of nitrogens with one attached hydrogen (secondary N) is 2. The van der Waals surface area contributed by atoms with Crippen LogP contribution in [0.3, 0.4) is 0 Å². The number of rotatable bonds is 6. The molecule has 7 heteroatoms. The Hall–Kier alpha value is -0.950. The van der Waals surface area contributed by atoms with E-state index in [1.165, 1.54) is 0 Å². The topological polar surface area (TPSA) is 98.7 Å². The van der Waals surface area contributed by atoms with Crippen LogP contribution in [0.4, 0.5) is 4.79 Å². The minimum atomic E-state index is -1.55. The third-order valence-electron chi connectivity index (χ3n) is 1.33. The molecular formula is C7H14N2O4S. The second-order valence-corrected chi connectivity index (χ2v) is 3.47. The normalized spacial score (nSPS) is 11.9. The first-order valence-electron chi connectivity index (χ1n) is 3.99. The third kappa shape index (κ3) is 6.55. The van der Waals surface area contributed by atoms with Gasteiger partial charge in [0.1, 0.15) is 0 Å². The second-order valence-electron chi connectivity index (χ2n) is 2.48. The summed E-state index contributed by atoms with van der Waals surface area (Å²) in [5.74, 6) is -0.566. The smallest absolute Gasteiger partial charge is 0.334 e. The molecule has 0 aliphatic carbocycles. The molecule has 0 bridgehead atoms. The van der Waals surface area contributed by atoms with Crippen LogP contribution in [0.5, 0.6) is 0 Å². The Balaban J connectivity index is 3.48. The van der Waals surface area contributed by atoms with Gasteiger partial charge >= 0.3 is 12.0 Å². The van der Waals surface area contributed by atoms with Gasteiger partial charge in [-0.2, -0.15) is 11.8 Å². The molecule has 4 N–H and O–H groups in total. The molecule has 0 rings (SSSR count). The van der Waals surface area contributed by atoms with E-state index in [4.69, 9.17) is 10.2 Å². The van der Waals surface area contributed by atoms with Crippen LogP contribution in [-0.4, -0.2) is 53.4 Å². The predicted molar refractivity (Wildman–Crippen MR) is 53.4 cm³/mol. The molecule has 82 valence electrons. The zero-order valence-corrected chi connectivity index (χ0v) is 8.63. The number of carboxylic acid groups (broad SMARTS) is 1. The summed E-state index contributed by atoms with van der Waals surface area (Å²) < 4.78 is 0. The van der Waals surface area contributed by atoms with Crippen molar-refractivity contribution in [2.75, 3.05) is 25.1 Å². The number of thioether (sulfide) groups is 1. The number of aliphatic carboxylic acids is 1. The van der Waals surface area contributed by atoms with Gasteiger partial charge in [0.05, 0.1) is 6.54 Å². The van der Waals surface area contributed by atoms with Gasteiger partial charge in [-0.1, -0.05) is 0 Å². The molecule has 0 aliphatic heterocycles. The summed E-state index contributed by atoms with van der Waals surface area (Å²) in [4.78, 5) is 21.1. The van der Waals surface area contributed by atoms with E-state index in [1.807, 2.05) is 6.26 Å². The highest BCUT2D eigenvalue weighted by Crippen LogP contribution is 1.86. The van der Waals surface area contributed by atoms with E-state index in [-0.39, 0.29) is 6.54 Å². The number of carbonyl (C=O) groups excluding carboxylic acids is 1. The summed E-state index contributed by atoms with van der Waals surface area (Å²) in [7, 11) is 0. The quantitative estimate of drug-likeness (QED) is 0.436. The van der Waals surface area contributed by atoms with Gasteiger partial charge < -0.3 is 20.8 Å². The molecule has 14 heavy (non-hydrogen) atoms. The lowest BCUT2D eigenvalue weighted by atomic mass is 10.4. The molecule has 0 aromatic heterocycles. The van der Waals surface area contributed by atoms with Crippen molar-refractivity contribution in [2.45, 2.75) is 6.10 Å². The Morgan fingerprint density at radius 1 is 1.43 bits per heavy atom. The van der Waals surface area contributed by atoms with Gasteiger partial charge in [0.25, 0.3) is 0 Å². The lowest BCUT2D eigenvalue weighted by molar-refractivity contribution is -0.146. The van der Waals surface area contributed by atoms with Crippen molar-refractivity contribution in [3.63, 3.8) is 0 Å². The summed E-state index contributed by atoms with van der Waals surface area (Å²) in [6.07, 6.45) is 0.356. The lowest BCUT2D eigenvalue weighted by Gasteiger charge is -2.08. The second kappa shape index (κ2) is 7.45. The van der Waals surface area contributed by atoms with E-state index in [0.29, 0.717) is 6.54 Å². The minimum absolute atomic E-state index is 0.291. The molecule has 0 saturated heterocycles. The molecule has 2 amide bonds. The summed E-state index contributed by atoms with van der Waals surface area (Å²) in [6, 6.07) is -0.473. The van der Waals surface area contributed by atoms with E-state index in [2.05, 4.69) is 10.6 Å². The standard InChI is InChI=1S/C7H14N2O4S/c1-14-3-2-8-7(13)9-4-5(10)6(11)12/h5,10H,2-4H2,1H3,(H,11,12)(H2,8,9,13). The van der Waals surface area contributed by atoms with Gasteiger partial charge in [-0.3, -0.25) is 0 Å². The fraction of sp³-hybridized carbons (Fsp3) is 0.714. The van der Waals surface area contributed by atoms with Gasteiger partial charge in [0.2, 0.25) is 0 Å². The van der Waals surface area contributed by atoms with Gasteiger partial charge in [0.15, 0.2) is 6.10 Å². The Morgan fingerprint density at radius 3 is 2.57 bits per heavy atom. The van der Waals surface area contributed by atoms with Crippen LogP contribution in [0.15, 0.2) is 0 Å². The van der Waals surface area contributed by atoms with E-state index >= 15 is 0 Å². The van der Waals surface area contributed by atoms with Crippen molar-refractivity contribution in [1.82, 2.24) is 10.6 Å². The van der Waals surface area contributed by atoms with Crippen molar-refractivity contribution in [3.05, 3.63) is 0 Å². The van der Waals surface area contributed by atoms with Crippen LogP contribution in [0.2, 0.25) is 0 Å². The first-order chi connectivity index (χ1) is 6.57. The monoisotopic (exact) mass is 222 g/mol. The first-order valence-corrected chi connectivity index (χ1v) is 5.38. The number of carboxylic acids is 1. The average molecular weight is 222 g/mol. The van der Waals surface area contributed by atoms with Crippen LogP contribution in [0.25, 0.3) is 0 Å². The third-order valence-corrected chi connectivity index (χ3v) is 1.95. The van der Waals surface area contributed by atoms with Crippen molar-refractivity contribution in [1.29, 1.82) is 0 Å². The Kier molecular flexibility index (Phi) is 6.95.